The molecule has 62 valence electrons. The van der Waals surface area contributed by atoms with E-state index in [1.54, 1.807) is 0 Å². The number of nitrogens with two attached hydrogens (primary N) is 1. The normalized spacial score (nSPS) is 14.5. The molecule has 4 nitrogen and oxygen atoms in total. The molecule has 0 amide bonds. The fourth-order valence-electron chi connectivity index (χ4n) is 0.0676. The average Bonchev–Trinajstić information content (AvgIpc) is 1.92. The van der Waals surface area contributed by atoms with Gasteiger partial charge in [0.15, 0.2) is 0 Å². The zero-order valence-electron chi connectivity index (χ0n) is 6.59. The van der Waals surface area contributed by atoms with Crippen LogP contribution >= 0.6 is 0 Å². The van der Waals surface area contributed by atoms with Gasteiger partial charge in [0, 0.05) is 0 Å². The Labute approximate surface area is 60.7 Å². The molecule has 0 saturated carbocycles. The lowest BCUT2D eigenvalue weighted by molar-refractivity contribution is -0.144. The minimum Gasteiger partial charge on any atom is -0.480 e. The molecule has 0 aliphatic carbocycles. The number of hydrogen-bond donors (Lipinski definition) is 3. The maximum Gasteiger partial charge on any atom is 0.325 e. The third kappa shape index (κ3) is 4.29. The Hall–Kier alpha value is -0.610. The van der Waals surface area contributed by atoms with Gasteiger partial charge in [0.05, 0.1) is 6.61 Å². The van der Waals surface area contributed by atoms with Crippen LogP contribution in [-0.4, -0.2) is 28.3 Å². The van der Waals surface area contributed by atoms with Gasteiger partial charge < -0.3 is 15.9 Å². The average molecular weight is 149 g/mol. The number of carboxylic acid groups (broad SMARTS) is 1. The maximum atomic E-state index is 9.97. The first kappa shape index (κ1) is 12.1. The summed E-state index contributed by atoms with van der Waals surface area (Å²) in [7, 11) is 0. The fraction of sp³-hybridized carbons (Fsp3) is 0.833. The lowest BCUT2D eigenvalue weighted by Gasteiger charge is -2.13. The van der Waals surface area contributed by atoms with Crippen molar-refractivity contribution in [1.29, 1.82) is 0 Å². The van der Waals surface area contributed by atoms with Gasteiger partial charge in [-0.2, -0.15) is 0 Å². The Morgan fingerprint density at radius 1 is 1.60 bits per heavy atom. The highest BCUT2D eigenvalue weighted by Crippen LogP contribution is 1.94. The van der Waals surface area contributed by atoms with E-state index in [9.17, 15) is 4.79 Å². The molecule has 0 heterocycles. The number of carbonyl (C=O) groups is 1. The molecule has 0 aromatic carbocycles. The van der Waals surface area contributed by atoms with E-state index in [-0.39, 0.29) is 0 Å². The smallest absolute Gasteiger partial charge is 0.325 e. The van der Waals surface area contributed by atoms with Crippen molar-refractivity contribution in [1.82, 2.24) is 0 Å². The van der Waals surface area contributed by atoms with Crippen molar-refractivity contribution >= 4 is 5.97 Å². The predicted octanol–water partition coefficient (Wildman–Crippen LogP) is -0.193. The van der Waals surface area contributed by atoms with Crippen LogP contribution in [0.2, 0.25) is 0 Å². The number of aliphatic carboxylic acids is 1. The van der Waals surface area contributed by atoms with E-state index >= 15 is 0 Å². The second-order valence-electron chi connectivity index (χ2n) is 1.88. The second-order valence-corrected chi connectivity index (χ2v) is 1.88. The summed E-state index contributed by atoms with van der Waals surface area (Å²) in [5, 5.41) is 16.4. The molecule has 0 spiro atoms. The molecular weight excluding hydrogens is 134 g/mol. The molecule has 0 aromatic heterocycles. The molecule has 0 bridgehead atoms. The molecule has 4 heteroatoms. The topological polar surface area (TPSA) is 83.5 Å². The zero-order valence-corrected chi connectivity index (χ0v) is 6.59. The van der Waals surface area contributed by atoms with E-state index in [0.29, 0.717) is 0 Å². The molecular formula is C6H15NO3. The van der Waals surface area contributed by atoms with Crippen molar-refractivity contribution < 1.29 is 15.0 Å². The summed E-state index contributed by atoms with van der Waals surface area (Å²) in [4.78, 5) is 9.97. The van der Waals surface area contributed by atoms with Crippen LogP contribution in [0.15, 0.2) is 0 Å². The molecule has 1 atom stereocenters. The van der Waals surface area contributed by atoms with Crippen LogP contribution in [0.4, 0.5) is 0 Å². The molecule has 0 rings (SSSR count). The van der Waals surface area contributed by atoms with Gasteiger partial charge in [-0.15, -0.1) is 0 Å². The summed E-state index contributed by atoms with van der Waals surface area (Å²) in [6.45, 7) is 4.71. The van der Waals surface area contributed by atoms with Gasteiger partial charge in [-0.25, -0.2) is 0 Å². The van der Waals surface area contributed by atoms with Gasteiger partial charge in [-0.05, 0) is 6.92 Å². The Morgan fingerprint density at radius 2 is 1.90 bits per heavy atom. The van der Waals surface area contributed by atoms with Gasteiger partial charge in [0.1, 0.15) is 5.54 Å². The van der Waals surface area contributed by atoms with E-state index in [0.717, 1.165) is 0 Å². The molecule has 0 aromatic rings. The fourth-order valence-corrected chi connectivity index (χ4v) is 0.0676. The van der Waals surface area contributed by atoms with Crippen LogP contribution in [0, 0.1) is 0 Å². The SMILES string of the molecule is CC.CC(N)(CO)C(=O)O. The Morgan fingerprint density at radius 3 is 1.90 bits per heavy atom. The summed E-state index contributed by atoms with van der Waals surface area (Å²) in [6, 6.07) is 0. The van der Waals surface area contributed by atoms with Crippen LogP contribution < -0.4 is 5.73 Å². The predicted molar refractivity (Wildman–Crippen MR) is 38.7 cm³/mol. The Balaban J connectivity index is 0. The van der Waals surface area contributed by atoms with Crippen molar-refractivity contribution in [2.45, 2.75) is 26.3 Å². The van der Waals surface area contributed by atoms with E-state index in [1.807, 2.05) is 13.8 Å². The Kier molecular flexibility index (Phi) is 6.29. The molecule has 10 heavy (non-hydrogen) atoms. The lowest BCUT2D eigenvalue weighted by Crippen LogP contribution is -2.48. The first-order valence-electron chi connectivity index (χ1n) is 3.14. The highest BCUT2D eigenvalue weighted by atomic mass is 16.4. The number of rotatable bonds is 2. The number of carboxylic acids is 1. The van der Waals surface area contributed by atoms with Gasteiger partial charge in [0.25, 0.3) is 0 Å². The van der Waals surface area contributed by atoms with E-state index in [4.69, 9.17) is 15.9 Å². The standard InChI is InChI=1S/C4H9NO3.C2H6/c1-4(5,2-6)3(7)8;1-2/h6H,2,5H2,1H3,(H,7,8);1-2H3. The van der Waals surface area contributed by atoms with Crippen LogP contribution in [0.3, 0.4) is 0 Å². The van der Waals surface area contributed by atoms with E-state index < -0.39 is 18.1 Å². The molecule has 1 unspecified atom stereocenters. The van der Waals surface area contributed by atoms with Gasteiger partial charge in [-0.3, -0.25) is 4.79 Å². The van der Waals surface area contributed by atoms with Crippen molar-refractivity contribution in [2.24, 2.45) is 5.73 Å². The highest BCUT2D eigenvalue weighted by Gasteiger charge is 2.25. The summed E-state index contributed by atoms with van der Waals surface area (Å²) < 4.78 is 0. The quantitative estimate of drug-likeness (QED) is 0.508. The molecule has 0 saturated heterocycles. The summed E-state index contributed by atoms with van der Waals surface area (Å²) in [5.74, 6) is -1.19. The molecule has 0 aliphatic rings. The van der Waals surface area contributed by atoms with Gasteiger partial charge in [0.2, 0.25) is 0 Å². The second kappa shape index (κ2) is 5.20. The first-order valence-corrected chi connectivity index (χ1v) is 3.14. The number of aliphatic hydroxyl groups is 1. The van der Waals surface area contributed by atoms with Crippen molar-refractivity contribution in [3.05, 3.63) is 0 Å². The van der Waals surface area contributed by atoms with Crippen molar-refractivity contribution in [3.63, 3.8) is 0 Å². The number of aliphatic hydroxyl groups excluding tert-OH is 1. The molecule has 4 N–H and O–H groups in total. The monoisotopic (exact) mass is 149 g/mol. The summed E-state index contributed by atoms with van der Waals surface area (Å²) in [5.41, 5.74) is 3.52. The van der Waals surface area contributed by atoms with Crippen LogP contribution in [0.25, 0.3) is 0 Å². The van der Waals surface area contributed by atoms with E-state index in [2.05, 4.69) is 0 Å². The third-order valence-corrected chi connectivity index (χ3v) is 0.817. The summed E-state index contributed by atoms with van der Waals surface area (Å²) >= 11 is 0. The molecule has 0 radical (unpaired) electrons. The van der Waals surface area contributed by atoms with E-state index in [1.165, 1.54) is 6.92 Å². The summed E-state index contributed by atoms with van der Waals surface area (Å²) in [6.07, 6.45) is 0. The maximum absolute atomic E-state index is 9.97. The van der Waals surface area contributed by atoms with Crippen LogP contribution in [-0.2, 0) is 4.79 Å². The zero-order chi connectivity index (χ0) is 8.78. The highest BCUT2D eigenvalue weighted by molar-refractivity contribution is 5.77. The lowest BCUT2D eigenvalue weighted by atomic mass is 10.1. The largest absolute Gasteiger partial charge is 0.480 e. The van der Waals surface area contributed by atoms with Crippen LogP contribution in [0.5, 0.6) is 0 Å². The molecule has 0 aliphatic heterocycles. The Bertz CT molecular complexity index is 101. The minimum atomic E-state index is -1.49. The number of hydrogen-bond acceptors (Lipinski definition) is 3. The van der Waals surface area contributed by atoms with Crippen molar-refractivity contribution in [2.75, 3.05) is 6.61 Å². The van der Waals surface area contributed by atoms with Crippen molar-refractivity contribution in [3.8, 4) is 0 Å². The third-order valence-electron chi connectivity index (χ3n) is 0.817. The van der Waals surface area contributed by atoms with Gasteiger partial charge >= 0.3 is 5.97 Å². The molecule has 0 fully saturated rings. The first-order chi connectivity index (χ1) is 4.50. The van der Waals surface area contributed by atoms with Gasteiger partial charge in [-0.1, -0.05) is 13.8 Å². The van der Waals surface area contributed by atoms with Crippen LogP contribution in [0.1, 0.15) is 20.8 Å². The minimum absolute atomic E-state index is 0.539.